The number of aromatic nitrogens is 1. The molecular formula is C16H15N3O2S2. The van der Waals surface area contributed by atoms with E-state index in [4.69, 9.17) is 5.73 Å². The van der Waals surface area contributed by atoms with Crippen molar-refractivity contribution in [1.29, 1.82) is 0 Å². The summed E-state index contributed by atoms with van der Waals surface area (Å²) in [5.41, 5.74) is 8.92. The highest BCUT2D eigenvalue weighted by Crippen LogP contribution is 2.27. The van der Waals surface area contributed by atoms with Crippen LogP contribution >= 0.6 is 11.3 Å². The maximum Gasteiger partial charge on any atom is 0.263 e. The topological polar surface area (TPSA) is 85.1 Å². The van der Waals surface area contributed by atoms with Gasteiger partial charge in [0.25, 0.3) is 10.0 Å². The quantitative estimate of drug-likeness (QED) is 0.709. The van der Waals surface area contributed by atoms with Crippen LogP contribution < -0.4 is 10.5 Å². The zero-order chi connectivity index (χ0) is 16.4. The molecule has 2 aromatic carbocycles. The Morgan fingerprint density at radius 2 is 1.70 bits per heavy atom. The van der Waals surface area contributed by atoms with Crippen molar-refractivity contribution in [3.8, 4) is 11.3 Å². The summed E-state index contributed by atoms with van der Waals surface area (Å²) in [5, 5.41) is 2.14. The van der Waals surface area contributed by atoms with Crippen LogP contribution in [-0.4, -0.2) is 13.4 Å². The van der Waals surface area contributed by atoms with E-state index in [9.17, 15) is 8.42 Å². The summed E-state index contributed by atoms with van der Waals surface area (Å²) in [5.74, 6) is 0. The number of hydrogen-bond acceptors (Lipinski definition) is 5. The first-order valence-electron chi connectivity index (χ1n) is 6.85. The second-order valence-corrected chi connectivity index (χ2v) is 7.62. The van der Waals surface area contributed by atoms with Gasteiger partial charge in [-0.05, 0) is 31.2 Å². The maximum absolute atomic E-state index is 12.3. The van der Waals surface area contributed by atoms with E-state index in [1.165, 1.54) is 11.3 Å². The highest BCUT2D eigenvalue weighted by Gasteiger charge is 2.16. The second-order valence-electron chi connectivity index (χ2n) is 5.08. The summed E-state index contributed by atoms with van der Waals surface area (Å²) in [4.78, 5) is 4.54. The number of aryl methyl sites for hydroxylation is 1. The van der Waals surface area contributed by atoms with Gasteiger partial charge in [0.2, 0.25) is 0 Å². The average Bonchev–Trinajstić information content (AvgIpc) is 2.96. The van der Waals surface area contributed by atoms with Crippen molar-refractivity contribution in [1.82, 2.24) is 4.98 Å². The summed E-state index contributed by atoms with van der Waals surface area (Å²) in [6.07, 6.45) is 0. The van der Waals surface area contributed by atoms with Crippen molar-refractivity contribution in [2.24, 2.45) is 0 Å². The van der Waals surface area contributed by atoms with Crippen molar-refractivity contribution in [2.45, 2.75) is 11.8 Å². The fraction of sp³-hybridized carbons (Fsp3) is 0.0625. The van der Waals surface area contributed by atoms with E-state index in [2.05, 4.69) is 9.71 Å². The van der Waals surface area contributed by atoms with Gasteiger partial charge in [-0.25, -0.2) is 13.4 Å². The Morgan fingerprint density at radius 3 is 2.35 bits per heavy atom. The number of thiazole rings is 1. The molecule has 0 saturated carbocycles. The van der Waals surface area contributed by atoms with Crippen molar-refractivity contribution in [3.63, 3.8) is 0 Å². The minimum Gasteiger partial charge on any atom is -0.399 e. The molecule has 0 spiro atoms. The van der Waals surface area contributed by atoms with Gasteiger partial charge in [0.15, 0.2) is 5.13 Å². The van der Waals surface area contributed by atoms with Gasteiger partial charge in [-0.15, -0.1) is 11.3 Å². The van der Waals surface area contributed by atoms with Crippen LogP contribution in [0.5, 0.6) is 0 Å². The molecule has 0 atom stereocenters. The molecular weight excluding hydrogens is 330 g/mol. The molecule has 23 heavy (non-hydrogen) atoms. The molecule has 1 heterocycles. The zero-order valence-corrected chi connectivity index (χ0v) is 14.0. The molecule has 118 valence electrons. The van der Waals surface area contributed by atoms with Gasteiger partial charge in [0.1, 0.15) is 0 Å². The van der Waals surface area contributed by atoms with Crippen molar-refractivity contribution >= 4 is 32.2 Å². The van der Waals surface area contributed by atoms with Crippen LogP contribution in [0, 0.1) is 6.92 Å². The molecule has 0 aliphatic carbocycles. The number of sulfonamides is 1. The average molecular weight is 345 g/mol. The Kier molecular flexibility index (Phi) is 4.06. The van der Waals surface area contributed by atoms with Crippen LogP contribution in [-0.2, 0) is 10.0 Å². The second kappa shape index (κ2) is 6.02. The minimum atomic E-state index is -3.63. The first-order chi connectivity index (χ1) is 10.9. The number of nitrogens with zero attached hydrogens (tertiary/aromatic N) is 1. The van der Waals surface area contributed by atoms with Crippen molar-refractivity contribution < 1.29 is 8.42 Å². The Balaban J connectivity index is 1.83. The van der Waals surface area contributed by atoms with Crippen molar-refractivity contribution in [3.05, 3.63) is 59.5 Å². The third-order valence-electron chi connectivity index (χ3n) is 3.26. The van der Waals surface area contributed by atoms with E-state index in [1.807, 2.05) is 19.1 Å². The van der Waals surface area contributed by atoms with Gasteiger partial charge in [0, 0.05) is 16.6 Å². The van der Waals surface area contributed by atoms with E-state index >= 15 is 0 Å². The van der Waals surface area contributed by atoms with Crippen molar-refractivity contribution in [2.75, 3.05) is 10.5 Å². The molecule has 0 radical (unpaired) electrons. The Bertz CT molecular complexity index is 915. The Hall–Kier alpha value is -2.38. The van der Waals surface area contributed by atoms with Gasteiger partial charge >= 0.3 is 0 Å². The molecule has 0 aliphatic rings. The fourth-order valence-corrected chi connectivity index (χ4v) is 3.97. The normalized spacial score (nSPS) is 11.3. The molecule has 1 aromatic heterocycles. The first kappa shape index (κ1) is 15.5. The molecule has 0 saturated heterocycles. The van der Waals surface area contributed by atoms with Gasteiger partial charge < -0.3 is 5.73 Å². The minimum absolute atomic E-state index is 0.215. The zero-order valence-electron chi connectivity index (χ0n) is 12.4. The van der Waals surface area contributed by atoms with E-state index < -0.39 is 10.0 Å². The lowest BCUT2D eigenvalue weighted by molar-refractivity contribution is 0.601. The summed E-state index contributed by atoms with van der Waals surface area (Å²) < 4.78 is 27.2. The van der Waals surface area contributed by atoms with E-state index in [1.54, 1.807) is 41.8 Å². The number of hydrogen-bond donors (Lipinski definition) is 2. The van der Waals surface area contributed by atoms with E-state index in [0.717, 1.165) is 11.1 Å². The summed E-state index contributed by atoms with van der Waals surface area (Å²) in [6, 6.07) is 13.9. The lowest BCUT2D eigenvalue weighted by Gasteiger charge is -2.05. The van der Waals surface area contributed by atoms with Crippen LogP contribution in [0.3, 0.4) is 0 Å². The number of nitrogen functional groups attached to an aromatic ring is 1. The molecule has 5 nitrogen and oxygen atoms in total. The molecule has 7 heteroatoms. The molecule has 0 aliphatic heterocycles. The summed E-state index contributed by atoms with van der Waals surface area (Å²) >= 11 is 1.24. The molecule has 0 unspecified atom stereocenters. The van der Waals surface area contributed by atoms with Crippen LogP contribution in [0.2, 0.25) is 0 Å². The van der Waals surface area contributed by atoms with E-state index in [0.29, 0.717) is 16.5 Å². The molecule has 3 rings (SSSR count). The number of anilines is 2. The number of benzene rings is 2. The van der Waals surface area contributed by atoms with Gasteiger partial charge in [-0.1, -0.05) is 29.8 Å². The largest absolute Gasteiger partial charge is 0.399 e. The predicted octanol–water partition coefficient (Wildman–Crippen LogP) is 3.50. The number of nitrogens with one attached hydrogen (secondary N) is 1. The van der Waals surface area contributed by atoms with Crippen LogP contribution in [0.15, 0.2) is 58.8 Å². The van der Waals surface area contributed by atoms with Crippen LogP contribution in [0.1, 0.15) is 5.56 Å². The molecule has 0 fully saturated rings. The van der Waals surface area contributed by atoms with Gasteiger partial charge in [-0.3, -0.25) is 4.72 Å². The smallest absolute Gasteiger partial charge is 0.263 e. The third kappa shape index (κ3) is 3.52. The van der Waals surface area contributed by atoms with Gasteiger partial charge in [0.05, 0.1) is 10.6 Å². The fourth-order valence-electron chi connectivity index (χ4n) is 2.00. The highest BCUT2D eigenvalue weighted by molar-refractivity contribution is 7.93. The molecule has 0 amide bonds. The first-order valence-corrected chi connectivity index (χ1v) is 9.21. The SMILES string of the molecule is Cc1ccc(S(=O)(=O)Nc2nc(-c3ccc(N)cc3)cs2)cc1. The summed E-state index contributed by atoms with van der Waals surface area (Å²) in [7, 11) is -3.63. The highest BCUT2D eigenvalue weighted by atomic mass is 32.2. The lowest BCUT2D eigenvalue weighted by Crippen LogP contribution is -2.12. The summed E-state index contributed by atoms with van der Waals surface area (Å²) in [6.45, 7) is 1.91. The lowest BCUT2D eigenvalue weighted by atomic mass is 10.2. The van der Waals surface area contributed by atoms with Gasteiger partial charge in [-0.2, -0.15) is 0 Å². The number of rotatable bonds is 4. The standard InChI is InChI=1S/C16H15N3O2S2/c1-11-2-8-14(9-3-11)23(20,21)19-16-18-15(10-22-16)12-4-6-13(17)7-5-12/h2-10H,17H2,1H3,(H,18,19). The van der Waals surface area contributed by atoms with E-state index in [-0.39, 0.29) is 4.90 Å². The Labute approximate surface area is 138 Å². The maximum atomic E-state index is 12.3. The molecule has 3 aromatic rings. The van der Waals surface area contributed by atoms with Crippen LogP contribution in [0.25, 0.3) is 11.3 Å². The molecule has 3 N–H and O–H groups in total. The van der Waals surface area contributed by atoms with Crippen LogP contribution in [0.4, 0.5) is 10.8 Å². The predicted molar refractivity (Wildman–Crippen MR) is 93.9 cm³/mol. The third-order valence-corrected chi connectivity index (χ3v) is 5.51. The number of nitrogens with two attached hydrogens (primary N) is 1. The monoisotopic (exact) mass is 345 g/mol. The Morgan fingerprint density at radius 1 is 1.04 bits per heavy atom. The molecule has 0 bridgehead atoms.